The third-order valence-electron chi connectivity index (χ3n) is 3.72. The summed E-state index contributed by atoms with van der Waals surface area (Å²) in [6, 6.07) is 9.04. The minimum absolute atomic E-state index is 0.241. The zero-order chi connectivity index (χ0) is 18.7. The lowest BCUT2D eigenvalue weighted by Crippen LogP contribution is -2.30. The van der Waals surface area contributed by atoms with E-state index in [9.17, 15) is 24.1 Å². The Morgan fingerprint density at radius 3 is 2.19 bits per heavy atom. The molecule has 26 heavy (non-hydrogen) atoms. The van der Waals surface area contributed by atoms with Crippen molar-refractivity contribution in [3.8, 4) is 0 Å². The highest BCUT2D eigenvalue weighted by Gasteiger charge is 2.23. The number of hydrogen-bond donors (Lipinski definition) is 3. The molecule has 9 heteroatoms. The second kappa shape index (κ2) is 7.18. The predicted molar refractivity (Wildman–Crippen MR) is 92.6 cm³/mol. The summed E-state index contributed by atoms with van der Waals surface area (Å²) in [5, 5.41) is 18.5. The van der Waals surface area contributed by atoms with Crippen LogP contribution in [0.3, 0.4) is 0 Å². The number of nitrogens with one attached hydrogen (secondary N) is 3. The lowest BCUT2D eigenvalue weighted by atomic mass is 10.1. The molecule has 8 nitrogen and oxygen atoms in total. The summed E-state index contributed by atoms with van der Waals surface area (Å²) in [6.07, 6.45) is 1.97. The molecule has 0 aliphatic heterocycles. The maximum atomic E-state index is 13.9. The van der Waals surface area contributed by atoms with Gasteiger partial charge in [0, 0.05) is 23.5 Å². The van der Waals surface area contributed by atoms with Gasteiger partial charge in [-0.2, -0.15) is 0 Å². The number of benzene rings is 2. The molecule has 0 radical (unpaired) electrons. The SMILES string of the molecule is O=C(Nc1ccc(NC(=O)c2ccc([N+](=O)[O-])cc2F)cc1)NC1CC1. The summed E-state index contributed by atoms with van der Waals surface area (Å²) < 4.78 is 13.9. The molecule has 3 amide bonds. The number of nitro groups is 1. The van der Waals surface area contributed by atoms with Crippen LogP contribution in [-0.2, 0) is 0 Å². The molecule has 3 rings (SSSR count). The average Bonchev–Trinajstić information content (AvgIpc) is 3.40. The van der Waals surface area contributed by atoms with E-state index in [1.807, 2.05) is 0 Å². The summed E-state index contributed by atoms with van der Waals surface area (Å²) in [5.41, 5.74) is 0.198. The van der Waals surface area contributed by atoms with Crippen molar-refractivity contribution in [3.63, 3.8) is 0 Å². The molecule has 1 fully saturated rings. The van der Waals surface area contributed by atoms with Gasteiger partial charge in [0.2, 0.25) is 0 Å². The molecule has 0 heterocycles. The normalized spacial score (nSPS) is 13.0. The molecule has 2 aromatic carbocycles. The number of amides is 3. The number of non-ortho nitro benzene ring substituents is 1. The molecule has 0 bridgehead atoms. The molecule has 2 aromatic rings. The van der Waals surface area contributed by atoms with Crippen LogP contribution in [-0.4, -0.2) is 22.9 Å². The van der Waals surface area contributed by atoms with Crippen molar-refractivity contribution in [3.05, 3.63) is 64.0 Å². The molecule has 0 unspecified atom stereocenters. The van der Waals surface area contributed by atoms with Gasteiger partial charge in [0.25, 0.3) is 11.6 Å². The van der Waals surface area contributed by atoms with Crippen LogP contribution in [0.1, 0.15) is 23.2 Å². The van der Waals surface area contributed by atoms with E-state index in [0.29, 0.717) is 17.4 Å². The summed E-state index contributed by atoms with van der Waals surface area (Å²) in [6.45, 7) is 0. The Morgan fingerprint density at radius 1 is 1.04 bits per heavy atom. The number of nitrogens with zero attached hydrogens (tertiary/aromatic N) is 1. The largest absolute Gasteiger partial charge is 0.335 e. The Kier molecular flexibility index (Phi) is 4.78. The average molecular weight is 358 g/mol. The summed E-state index contributed by atoms with van der Waals surface area (Å²) >= 11 is 0. The number of carbonyl (C=O) groups excluding carboxylic acids is 2. The van der Waals surface area contributed by atoms with E-state index in [1.165, 1.54) is 0 Å². The van der Waals surface area contributed by atoms with Crippen molar-refractivity contribution >= 4 is 29.0 Å². The fraction of sp³-hybridized carbons (Fsp3) is 0.176. The maximum absolute atomic E-state index is 13.9. The van der Waals surface area contributed by atoms with Gasteiger partial charge in [-0.3, -0.25) is 14.9 Å². The monoisotopic (exact) mass is 358 g/mol. The first-order valence-electron chi connectivity index (χ1n) is 7.85. The standard InChI is InChI=1S/C17H15FN4O4/c18-15-9-13(22(25)26)7-8-14(15)16(23)19-10-1-3-11(4-2-10)20-17(24)21-12-5-6-12/h1-4,7-9,12H,5-6H2,(H,19,23)(H2,20,21,24). The fourth-order valence-corrected chi connectivity index (χ4v) is 2.22. The van der Waals surface area contributed by atoms with Gasteiger partial charge in [0.15, 0.2) is 0 Å². The third kappa shape index (κ3) is 4.32. The summed E-state index contributed by atoms with van der Waals surface area (Å²) in [5.74, 6) is -1.71. The van der Waals surface area contributed by atoms with Crippen molar-refractivity contribution in [2.75, 3.05) is 10.6 Å². The number of anilines is 2. The van der Waals surface area contributed by atoms with Crippen LogP contribution in [0.5, 0.6) is 0 Å². The van der Waals surface area contributed by atoms with Gasteiger partial charge in [-0.1, -0.05) is 0 Å². The van der Waals surface area contributed by atoms with Crippen LogP contribution >= 0.6 is 0 Å². The van der Waals surface area contributed by atoms with Gasteiger partial charge in [-0.25, -0.2) is 9.18 Å². The summed E-state index contributed by atoms with van der Waals surface area (Å²) in [4.78, 5) is 33.6. The molecule has 134 valence electrons. The number of halogens is 1. The summed E-state index contributed by atoms with van der Waals surface area (Å²) in [7, 11) is 0. The number of hydrogen-bond acceptors (Lipinski definition) is 4. The van der Waals surface area contributed by atoms with Gasteiger partial charge in [0.05, 0.1) is 16.6 Å². The van der Waals surface area contributed by atoms with E-state index < -0.39 is 22.3 Å². The van der Waals surface area contributed by atoms with Crippen LogP contribution in [0.15, 0.2) is 42.5 Å². The second-order valence-electron chi connectivity index (χ2n) is 5.83. The quantitative estimate of drug-likeness (QED) is 0.562. The third-order valence-corrected chi connectivity index (χ3v) is 3.72. The molecular weight excluding hydrogens is 343 g/mol. The molecule has 1 aliphatic carbocycles. The Balaban J connectivity index is 1.62. The predicted octanol–water partition coefficient (Wildman–Crippen LogP) is 3.27. The van der Waals surface area contributed by atoms with Gasteiger partial charge < -0.3 is 16.0 Å². The Bertz CT molecular complexity index is 866. The molecule has 3 N–H and O–H groups in total. The van der Waals surface area contributed by atoms with Crippen LogP contribution < -0.4 is 16.0 Å². The molecular formula is C17H15FN4O4. The van der Waals surface area contributed by atoms with Crippen LogP contribution in [0, 0.1) is 15.9 Å². The van der Waals surface area contributed by atoms with Crippen molar-refractivity contribution < 1.29 is 18.9 Å². The highest BCUT2D eigenvalue weighted by atomic mass is 19.1. The zero-order valence-corrected chi connectivity index (χ0v) is 13.5. The van der Waals surface area contributed by atoms with Crippen LogP contribution in [0.2, 0.25) is 0 Å². The second-order valence-corrected chi connectivity index (χ2v) is 5.83. The minimum Gasteiger partial charge on any atom is -0.335 e. The first-order chi connectivity index (χ1) is 12.4. The first-order valence-corrected chi connectivity index (χ1v) is 7.85. The van der Waals surface area contributed by atoms with Gasteiger partial charge in [0.1, 0.15) is 5.82 Å². The van der Waals surface area contributed by atoms with Crippen molar-refractivity contribution in [1.82, 2.24) is 5.32 Å². The fourth-order valence-electron chi connectivity index (χ4n) is 2.22. The number of urea groups is 1. The topological polar surface area (TPSA) is 113 Å². The van der Waals surface area contributed by atoms with Gasteiger partial charge in [-0.15, -0.1) is 0 Å². The molecule has 0 spiro atoms. The molecule has 1 aliphatic rings. The van der Waals surface area contributed by atoms with Gasteiger partial charge in [-0.05, 0) is 43.2 Å². The van der Waals surface area contributed by atoms with Crippen molar-refractivity contribution in [1.29, 1.82) is 0 Å². The number of carbonyl (C=O) groups is 2. The zero-order valence-electron chi connectivity index (χ0n) is 13.5. The van der Waals surface area contributed by atoms with E-state index in [1.54, 1.807) is 24.3 Å². The van der Waals surface area contributed by atoms with Crippen molar-refractivity contribution in [2.24, 2.45) is 0 Å². The van der Waals surface area contributed by atoms with E-state index in [-0.39, 0.29) is 17.6 Å². The van der Waals surface area contributed by atoms with E-state index in [0.717, 1.165) is 25.0 Å². The Labute approximate surface area is 147 Å². The highest BCUT2D eigenvalue weighted by molar-refractivity contribution is 6.04. The molecule has 0 aromatic heterocycles. The van der Waals surface area contributed by atoms with E-state index in [2.05, 4.69) is 16.0 Å². The lowest BCUT2D eigenvalue weighted by molar-refractivity contribution is -0.385. The lowest BCUT2D eigenvalue weighted by Gasteiger charge is -2.09. The first kappa shape index (κ1) is 17.3. The van der Waals surface area contributed by atoms with E-state index >= 15 is 0 Å². The maximum Gasteiger partial charge on any atom is 0.319 e. The Hall–Kier alpha value is -3.49. The number of nitro benzene ring substituents is 1. The molecule has 0 atom stereocenters. The molecule has 1 saturated carbocycles. The minimum atomic E-state index is -0.980. The van der Waals surface area contributed by atoms with Crippen LogP contribution in [0.25, 0.3) is 0 Å². The van der Waals surface area contributed by atoms with Crippen molar-refractivity contribution in [2.45, 2.75) is 18.9 Å². The van der Waals surface area contributed by atoms with Crippen LogP contribution in [0.4, 0.5) is 26.2 Å². The smallest absolute Gasteiger partial charge is 0.319 e. The highest BCUT2D eigenvalue weighted by Crippen LogP contribution is 2.20. The van der Waals surface area contributed by atoms with E-state index in [4.69, 9.17) is 0 Å². The molecule has 0 saturated heterocycles. The number of rotatable bonds is 5. The van der Waals surface area contributed by atoms with Gasteiger partial charge >= 0.3 is 6.03 Å². The Morgan fingerprint density at radius 2 is 1.65 bits per heavy atom.